The standard InChI is InChI=1S/C20H26N2O10/c1-7-14(24)30-20(31-15(25)8-2,32-16(26)9-3)10-11-29-22-17(27)19(5,6)21(18(22)28)12-13(4)23/h7-9,13,23H,1-3,10-12H2,4-6H3. The van der Waals surface area contributed by atoms with Gasteiger partial charge in [0.1, 0.15) is 5.54 Å². The second-order valence-corrected chi connectivity index (χ2v) is 7.04. The molecule has 32 heavy (non-hydrogen) atoms. The molecule has 3 amide bonds. The Morgan fingerprint density at radius 2 is 1.47 bits per heavy atom. The number of nitrogens with zero attached hydrogens (tertiary/aromatic N) is 2. The van der Waals surface area contributed by atoms with E-state index >= 15 is 0 Å². The molecule has 12 nitrogen and oxygen atoms in total. The molecule has 0 radical (unpaired) electrons. The van der Waals surface area contributed by atoms with Crippen molar-refractivity contribution in [1.82, 2.24) is 9.96 Å². The number of hydroxylamine groups is 2. The van der Waals surface area contributed by atoms with Gasteiger partial charge in [-0.25, -0.2) is 19.2 Å². The van der Waals surface area contributed by atoms with Gasteiger partial charge < -0.3 is 24.2 Å². The molecule has 0 aliphatic carbocycles. The number of hydrogen-bond acceptors (Lipinski definition) is 10. The number of urea groups is 1. The molecule has 0 aromatic heterocycles. The summed E-state index contributed by atoms with van der Waals surface area (Å²) in [6.45, 7) is 13.3. The van der Waals surface area contributed by atoms with Crippen LogP contribution in [-0.2, 0) is 38.2 Å². The molecule has 1 N–H and O–H groups in total. The Bertz CT molecular complexity index is 762. The normalized spacial score (nSPS) is 16.2. The molecule has 0 aromatic carbocycles. The topological polar surface area (TPSA) is 149 Å². The Labute approximate surface area is 184 Å². The van der Waals surface area contributed by atoms with Gasteiger partial charge in [0.15, 0.2) is 0 Å². The van der Waals surface area contributed by atoms with Crippen LogP contribution in [0.15, 0.2) is 38.0 Å². The van der Waals surface area contributed by atoms with Crippen LogP contribution < -0.4 is 0 Å². The zero-order chi connectivity index (χ0) is 24.7. The highest BCUT2D eigenvalue weighted by Gasteiger charge is 2.53. The van der Waals surface area contributed by atoms with Crippen LogP contribution in [0, 0.1) is 0 Å². The van der Waals surface area contributed by atoms with E-state index in [9.17, 15) is 29.1 Å². The minimum Gasteiger partial charge on any atom is -0.392 e. The molecule has 176 valence electrons. The summed E-state index contributed by atoms with van der Waals surface area (Å²) in [4.78, 5) is 66.8. The maximum absolute atomic E-state index is 12.6. The first kappa shape index (κ1) is 26.5. The largest absolute Gasteiger partial charge is 0.426 e. The Hall–Kier alpha value is -3.51. The van der Waals surface area contributed by atoms with Crippen LogP contribution >= 0.6 is 0 Å². The van der Waals surface area contributed by atoms with Gasteiger partial charge in [-0.1, -0.05) is 19.7 Å². The van der Waals surface area contributed by atoms with Crippen molar-refractivity contribution in [1.29, 1.82) is 0 Å². The van der Waals surface area contributed by atoms with E-state index in [2.05, 4.69) is 19.7 Å². The highest BCUT2D eigenvalue weighted by molar-refractivity contribution is 6.05. The average molecular weight is 454 g/mol. The van der Waals surface area contributed by atoms with Crippen LogP contribution in [0.3, 0.4) is 0 Å². The zero-order valence-electron chi connectivity index (χ0n) is 18.1. The van der Waals surface area contributed by atoms with E-state index in [1.807, 2.05) is 0 Å². The molecule has 0 aromatic rings. The number of carbonyl (C=O) groups excluding carboxylic acids is 5. The Balaban J connectivity index is 3.10. The summed E-state index contributed by atoms with van der Waals surface area (Å²) in [5, 5.41) is 10.1. The number of aliphatic hydroxyl groups excluding tert-OH is 1. The van der Waals surface area contributed by atoms with E-state index in [-0.39, 0.29) is 6.54 Å². The molecule has 1 unspecified atom stereocenters. The van der Waals surface area contributed by atoms with E-state index in [0.717, 1.165) is 23.1 Å². The van der Waals surface area contributed by atoms with Crippen molar-refractivity contribution in [3.63, 3.8) is 0 Å². The van der Waals surface area contributed by atoms with Crippen LogP contribution in [0.2, 0.25) is 0 Å². The van der Waals surface area contributed by atoms with Crippen molar-refractivity contribution in [3.05, 3.63) is 38.0 Å². The van der Waals surface area contributed by atoms with E-state index < -0.39 is 60.5 Å². The third kappa shape index (κ3) is 6.25. The molecule has 1 atom stereocenters. The maximum Gasteiger partial charge on any atom is 0.426 e. The number of aliphatic hydroxyl groups is 1. The fourth-order valence-electron chi connectivity index (χ4n) is 2.55. The van der Waals surface area contributed by atoms with E-state index in [1.165, 1.54) is 20.8 Å². The van der Waals surface area contributed by atoms with Gasteiger partial charge in [0, 0.05) is 24.8 Å². The lowest BCUT2D eigenvalue weighted by atomic mass is 10.0. The minimum atomic E-state index is -2.62. The van der Waals surface area contributed by atoms with Gasteiger partial charge in [-0.2, -0.15) is 0 Å². The smallest absolute Gasteiger partial charge is 0.392 e. The number of rotatable bonds is 12. The average Bonchev–Trinajstić information content (AvgIpc) is 2.87. The van der Waals surface area contributed by atoms with Gasteiger partial charge in [0.2, 0.25) is 0 Å². The predicted octanol–water partition coefficient (Wildman–Crippen LogP) is 0.573. The fourth-order valence-corrected chi connectivity index (χ4v) is 2.55. The van der Waals surface area contributed by atoms with Crippen LogP contribution in [0.4, 0.5) is 4.79 Å². The molecule has 1 heterocycles. The lowest BCUT2D eigenvalue weighted by molar-refractivity contribution is -0.332. The van der Waals surface area contributed by atoms with Gasteiger partial charge in [-0.15, -0.1) is 5.06 Å². The second kappa shape index (κ2) is 10.7. The van der Waals surface area contributed by atoms with Gasteiger partial charge in [-0.05, 0) is 20.8 Å². The van der Waals surface area contributed by atoms with E-state index in [4.69, 9.17) is 19.0 Å². The fraction of sp³-hybridized carbons (Fsp3) is 0.450. The number of amides is 3. The summed E-state index contributed by atoms with van der Waals surface area (Å²) in [6.07, 6.45) is 0.628. The highest BCUT2D eigenvalue weighted by Crippen LogP contribution is 2.29. The monoisotopic (exact) mass is 454 g/mol. The lowest BCUT2D eigenvalue weighted by Crippen LogP contribution is -2.47. The highest BCUT2D eigenvalue weighted by atomic mass is 16.9. The molecule has 1 aliphatic rings. The van der Waals surface area contributed by atoms with Gasteiger partial charge >= 0.3 is 29.9 Å². The minimum absolute atomic E-state index is 0.133. The Kier molecular flexibility index (Phi) is 8.86. The van der Waals surface area contributed by atoms with Gasteiger partial charge in [0.25, 0.3) is 5.91 Å². The molecule has 0 spiro atoms. The van der Waals surface area contributed by atoms with E-state index in [1.54, 1.807) is 0 Å². The van der Waals surface area contributed by atoms with Crippen LogP contribution in [0.1, 0.15) is 27.2 Å². The molecular formula is C20H26N2O10. The first-order valence-corrected chi connectivity index (χ1v) is 9.37. The van der Waals surface area contributed by atoms with Crippen molar-refractivity contribution in [2.75, 3.05) is 13.2 Å². The number of hydrogen-bond donors (Lipinski definition) is 1. The first-order chi connectivity index (χ1) is 14.8. The predicted molar refractivity (Wildman–Crippen MR) is 107 cm³/mol. The summed E-state index contributed by atoms with van der Waals surface area (Å²) >= 11 is 0. The second-order valence-electron chi connectivity index (χ2n) is 7.04. The zero-order valence-corrected chi connectivity index (χ0v) is 18.1. The summed E-state index contributed by atoms with van der Waals surface area (Å²) in [6, 6.07) is -0.847. The lowest BCUT2D eigenvalue weighted by Gasteiger charge is -2.30. The quantitative estimate of drug-likeness (QED) is 0.192. The van der Waals surface area contributed by atoms with Crippen molar-refractivity contribution in [3.8, 4) is 0 Å². The van der Waals surface area contributed by atoms with Gasteiger partial charge in [0.05, 0.1) is 19.1 Å². The van der Waals surface area contributed by atoms with Crippen molar-refractivity contribution < 1.29 is 48.1 Å². The van der Waals surface area contributed by atoms with E-state index in [0.29, 0.717) is 5.06 Å². The number of ether oxygens (including phenoxy) is 3. The van der Waals surface area contributed by atoms with Crippen molar-refractivity contribution in [2.24, 2.45) is 0 Å². The number of β-amino-alcohol motifs (C(OH)–C–C–N with tert-alkyl or cyclic N) is 1. The number of carbonyl (C=O) groups is 5. The SMILES string of the molecule is C=CC(=O)OC(CCON1C(=O)N(CC(C)O)C(C)(C)C1=O)(OC(=O)C=C)OC(=O)C=C. The third-order valence-corrected chi connectivity index (χ3v) is 4.13. The maximum atomic E-state index is 12.6. The molecular weight excluding hydrogens is 428 g/mol. The first-order valence-electron chi connectivity index (χ1n) is 9.37. The molecule has 1 aliphatic heterocycles. The molecule has 0 saturated carbocycles. The molecule has 1 saturated heterocycles. The van der Waals surface area contributed by atoms with Gasteiger partial charge in [-0.3, -0.25) is 9.63 Å². The van der Waals surface area contributed by atoms with Crippen LogP contribution in [0.5, 0.6) is 0 Å². The van der Waals surface area contributed by atoms with Crippen LogP contribution in [-0.4, -0.2) is 75.7 Å². The number of imide groups is 1. The van der Waals surface area contributed by atoms with Crippen LogP contribution in [0.25, 0.3) is 0 Å². The molecule has 12 heteroatoms. The molecule has 1 rings (SSSR count). The summed E-state index contributed by atoms with van der Waals surface area (Å²) < 4.78 is 14.7. The molecule has 0 bridgehead atoms. The van der Waals surface area contributed by atoms with Crippen molar-refractivity contribution >= 4 is 29.8 Å². The Morgan fingerprint density at radius 3 is 1.84 bits per heavy atom. The number of esters is 3. The Morgan fingerprint density at radius 1 is 1.03 bits per heavy atom. The van der Waals surface area contributed by atoms with Crippen molar-refractivity contribution in [2.45, 2.75) is 44.8 Å². The summed E-state index contributed by atoms with van der Waals surface area (Å²) in [7, 11) is 0. The third-order valence-electron chi connectivity index (χ3n) is 4.13. The molecule has 1 fully saturated rings. The summed E-state index contributed by atoms with van der Waals surface area (Å²) in [5.74, 6) is -6.70. The summed E-state index contributed by atoms with van der Waals surface area (Å²) in [5.41, 5.74) is -1.31.